The molecule has 316 valence electrons. The van der Waals surface area contributed by atoms with E-state index >= 15 is 0 Å². The molecular formula is C66H46S. The molecule has 0 unspecified atom stereocenters. The molecule has 12 aromatic rings. The zero-order valence-corrected chi connectivity index (χ0v) is 39.1. The molecule has 0 aliphatic heterocycles. The molecule has 1 heteroatoms. The van der Waals surface area contributed by atoms with E-state index in [1.54, 1.807) is 0 Å². The van der Waals surface area contributed by atoms with Crippen LogP contribution in [0.25, 0.3) is 108 Å². The molecule has 0 N–H and O–H groups in total. The largest absolute Gasteiger partial charge is 0.135 e. The van der Waals surface area contributed by atoms with Gasteiger partial charge in [-0.05, 0) is 175 Å². The van der Waals surface area contributed by atoms with Gasteiger partial charge in [0.1, 0.15) is 0 Å². The Labute approximate surface area is 395 Å². The van der Waals surface area contributed by atoms with Crippen LogP contribution in [-0.2, 0) is 16.2 Å². The first-order chi connectivity index (χ1) is 32.6. The van der Waals surface area contributed by atoms with Crippen molar-refractivity contribution in [2.24, 2.45) is 0 Å². The molecular weight excluding hydrogens is 825 g/mol. The molecule has 0 fully saturated rings. The molecule has 0 amide bonds. The second-order valence-corrected chi connectivity index (χ2v) is 22.3. The summed E-state index contributed by atoms with van der Waals surface area (Å²) in [6.45, 7) is 11.8. The molecule has 0 saturated heterocycles. The molecule has 0 atom stereocenters. The second kappa shape index (κ2) is 12.8. The van der Waals surface area contributed by atoms with Crippen LogP contribution in [0.3, 0.4) is 0 Å². The van der Waals surface area contributed by atoms with Gasteiger partial charge in [0.2, 0.25) is 0 Å². The maximum absolute atomic E-state index is 2.55. The fourth-order valence-corrected chi connectivity index (χ4v) is 14.2. The van der Waals surface area contributed by atoms with Gasteiger partial charge in [-0.1, -0.05) is 180 Å². The van der Waals surface area contributed by atoms with Crippen molar-refractivity contribution in [3.8, 4) is 55.6 Å². The molecule has 3 aliphatic carbocycles. The number of fused-ring (bicyclic) bond motifs is 17. The summed E-state index contributed by atoms with van der Waals surface area (Å²) in [6.07, 6.45) is 0. The summed E-state index contributed by atoms with van der Waals surface area (Å²) in [5.74, 6) is 0. The first-order valence-corrected chi connectivity index (χ1v) is 24.7. The lowest BCUT2D eigenvalue weighted by Crippen LogP contribution is -2.26. The number of thiophene rings is 1. The van der Waals surface area contributed by atoms with E-state index in [1.165, 1.54) is 147 Å². The van der Waals surface area contributed by atoms with Crippen molar-refractivity contribution < 1.29 is 0 Å². The van der Waals surface area contributed by atoms with Crippen LogP contribution in [0.5, 0.6) is 0 Å². The summed E-state index contributed by atoms with van der Waals surface area (Å²) < 4.78 is 2.67. The van der Waals surface area contributed by atoms with E-state index in [9.17, 15) is 0 Å². The number of hydrogen-bond acceptors (Lipinski definition) is 1. The number of rotatable bonds is 2. The van der Waals surface area contributed by atoms with Crippen molar-refractivity contribution >= 4 is 63.8 Å². The van der Waals surface area contributed by atoms with Gasteiger partial charge >= 0.3 is 0 Å². The number of benzene rings is 11. The third-order valence-corrected chi connectivity index (χ3v) is 17.5. The van der Waals surface area contributed by atoms with Gasteiger partial charge < -0.3 is 0 Å². The van der Waals surface area contributed by atoms with E-state index in [0.29, 0.717) is 0 Å². The molecule has 0 saturated carbocycles. The molecule has 1 aromatic heterocycles. The predicted octanol–water partition coefficient (Wildman–Crippen LogP) is 18.2. The fraction of sp³-hybridized carbons (Fsp3) is 0.121. The average Bonchev–Trinajstić information content (AvgIpc) is 4.03. The predicted molar refractivity (Wildman–Crippen MR) is 286 cm³/mol. The molecule has 0 nitrogen and oxygen atoms in total. The summed E-state index contributed by atoms with van der Waals surface area (Å²) in [7, 11) is 0. The molecule has 1 heterocycles. The van der Waals surface area contributed by atoms with Crippen LogP contribution in [0.1, 0.15) is 73.6 Å². The van der Waals surface area contributed by atoms with Gasteiger partial charge in [0.05, 0.1) is 5.41 Å². The van der Waals surface area contributed by atoms with Gasteiger partial charge in [-0.3, -0.25) is 0 Å². The van der Waals surface area contributed by atoms with Crippen molar-refractivity contribution in [2.45, 2.75) is 50.9 Å². The van der Waals surface area contributed by atoms with Crippen molar-refractivity contribution in [3.63, 3.8) is 0 Å². The lowest BCUT2D eigenvalue weighted by Gasteiger charge is -2.31. The molecule has 11 aromatic carbocycles. The van der Waals surface area contributed by atoms with E-state index in [2.05, 4.69) is 223 Å². The van der Waals surface area contributed by atoms with Crippen LogP contribution >= 0.6 is 11.3 Å². The smallest absolute Gasteiger partial charge is 0.0725 e. The Morgan fingerprint density at radius 1 is 0.358 bits per heavy atom. The second-order valence-electron chi connectivity index (χ2n) is 21.2. The lowest BCUT2D eigenvalue weighted by molar-refractivity contribution is 0.591. The first kappa shape index (κ1) is 37.9. The summed E-state index contributed by atoms with van der Waals surface area (Å²) in [5, 5.41) is 10.8. The van der Waals surface area contributed by atoms with E-state index in [1.807, 2.05) is 11.3 Å². The Bertz CT molecular complexity index is 4100. The molecule has 15 rings (SSSR count). The van der Waals surface area contributed by atoms with E-state index in [0.717, 1.165) is 0 Å². The Hall–Kier alpha value is -7.32. The van der Waals surface area contributed by atoms with Gasteiger partial charge in [-0.25, -0.2) is 0 Å². The van der Waals surface area contributed by atoms with Crippen LogP contribution in [0.2, 0.25) is 0 Å². The average molecular weight is 871 g/mol. The van der Waals surface area contributed by atoms with Crippen LogP contribution in [-0.4, -0.2) is 0 Å². The highest BCUT2D eigenvalue weighted by Gasteiger charge is 2.52. The zero-order valence-electron chi connectivity index (χ0n) is 38.3. The van der Waals surface area contributed by atoms with Gasteiger partial charge in [0.15, 0.2) is 0 Å². The van der Waals surface area contributed by atoms with E-state index in [4.69, 9.17) is 0 Å². The minimum Gasteiger partial charge on any atom is -0.135 e. The Morgan fingerprint density at radius 3 is 1.52 bits per heavy atom. The summed E-state index contributed by atoms with van der Waals surface area (Å²) >= 11 is 1.88. The maximum Gasteiger partial charge on any atom is 0.0725 e. The van der Waals surface area contributed by atoms with Crippen LogP contribution in [0.4, 0.5) is 0 Å². The van der Waals surface area contributed by atoms with Gasteiger partial charge in [0.25, 0.3) is 0 Å². The zero-order chi connectivity index (χ0) is 44.7. The standard InChI is InChI=1S/C66H46S/c1-64(2,3)44-30-41-18-19-43-36-58-63(51-28-23-42(31-44)61(41)62(43)51)50-27-22-38(33-55(50)65(58,4)5)40-21-26-48-47-25-20-39(37-24-29-60-52(32-37)49-14-8-11-17-59(49)67-60)34-56(47)66(57(48)35-40)53-15-9-6-12-45(53)46-13-7-10-16-54(46)66/h6-36H,1-5H3. The van der Waals surface area contributed by atoms with Crippen LogP contribution in [0, 0.1) is 0 Å². The summed E-state index contributed by atoms with van der Waals surface area (Å²) in [4.78, 5) is 0. The number of hydrogen-bond donors (Lipinski definition) is 0. The molecule has 0 radical (unpaired) electrons. The third-order valence-electron chi connectivity index (χ3n) is 16.4. The Kier molecular flexibility index (Phi) is 7.21. The monoisotopic (exact) mass is 870 g/mol. The van der Waals surface area contributed by atoms with Crippen molar-refractivity contribution in [3.05, 3.63) is 227 Å². The van der Waals surface area contributed by atoms with Crippen molar-refractivity contribution in [2.75, 3.05) is 0 Å². The highest BCUT2D eigenvalue weighted by molar-refractivity contribution is 7.25. The maximum atomic E-state index is 2.55. The molecule has 3 aliphatic rings. The minimum atomic E-state index is -0.459. The quantitative estimate of drug-likeness (QED) is 0.152. The highest BCUT2D eigenvalue weighted by atomic mass is 32.1. The van der Waals surface area contributed by atoms with Gasteiger partial charge in [-0.15, -0.1) is 11.3 Å². The molecule has 67 heavy (non-hydrogen) atoms. The summed E-state index contributed by atoms with van der Waals surface area (Å²) in [6, 6.07) is 73.1. The van der Waals surface area contributed by atoms with Crippen LogP contribution < -0.4 is 0 Å². The third kappa shape index (κ3) is 4.82. The van der Waals surface area contributed by atoms with Crippen molar-refractivity contribution in [1.82, 2.24) is 0 Å². The first-order valence-electron chi connectivity index (χ1n) is 23.9. The Balaban J connectivity index is 0.914. The van der Waals surface area contributed by atoms with E-state index < -0.39 is 5.41 Å². The molecule has 1 spiro atoms. The minimum absolute atomic E-state index is 0.0850. The SMILES string of the molecule is CC(C)(C)c1cc2ccc3cc4c(c5ccc(c1)c2c35)-c1ccc(-c2ccc3c(c2)C2(c5ccccc5-c5ccccc52)c2cc(-c5ccc6sc7ccccc7c6c5)ccc2-3)cc1C4(C)C. The van der Waals surface area contributed by atoms with Crippen molar-refractivity contribution in [1.29, 1.82) is 0 Å². The van der Waals surface area contributed by atoms with Gasteiger partial charge in [0, 0.05) is 25.6 Å². The lowest BCUT2D eigenvalue weighted by atomic mass is 9.70. The van der Waals surface area contributed by atoms with Crippen LogP contribution in [0.15, 0.2) is 188 Å². The molecule has 0 bridgehead atoms. The fourth-order valence-electron chi connectivity index (χ4n) is 13.1. The summed E-state index contributed by atoms with van der Waals surface area (Å²) in [5.41, 5.74) is 22.3. The topological polar surface area (TPSA) is 0 Å². The van der Waals surface area contributed by atoms with E-state index in [-0.39, 0.29) is 10.8 Å². The normalized spacial score (nSPS) is 14.9. The Morgan fingerprint density at radius 2 is 0.866 bits per heavy atom. The highest BCUT2D eigenvalue weighted by Crippen LogP contribution is 2.64. The van der Waals surface area contributed by atoms with Gasteiger partial charge in [-0.2, -0.15) is 0 Å².